The van der Waals surface area contributed by atoms with Crippen LogP contribution in [0.3, 0.4) is 0 Å². The monoisotopic (exact) mass is 594 g/mol. The Morgan fingerprint density at radius 1 is 0.977 bits per heavy atom. The van der Waals surface area contributed by atoms with Gasteiger partial charge in [-0.15, -0.1) is 0 Å². The summed E-state index contributed by atoms with van der Waals surface area (Å²) in [4.78, 5) is 42.2. The number of hydrogen-bond donors (Lipinski definition) is 1. The van der Waals surface area contributed by atoms with Gasteiger partial charge in [-0.1, -0.05) is 30.3 Å². The van der Waals surface area contributed by atoms with E-state index in [1.807, 2.05) is 0 Å². The van der Waals surface area contributed by atoms with Gasteiger partial charge in [-0.05, 0) is 73.9 Å². The number of piperidine rings is 1. The number of carbonyl (C=O) groups excluding carboxylic acids is 2. The van der Waals surface area contributed by atoms with Gasteiger partial charge in [0.05, 0.1) is 23.1 Å². The number of aryl methyl sites for hydroxylation is 1. The second-order valence-electron chi connectivity index (χ2n) is 11.8. The van der Waals surface area contributed by atoms with E-state index in [0.29, 0.717) is 36.1 Å². The third-order valence-electron chi connectivity index (χ3n) is 9.18. The van der Waals surface area contributed by atoms with Crippen LogP contribution in [0.15, 0.2) is 60.7 Å². The number of nitrogens with one attached hydrogen (secondary N) is 1. The van der Waals surface area contributed by atoms with Crippen molar-refractivity contribution in [3.63, 3.8) is 0 Å². The number of rotatable bonds is 5. The average molecular weight is 595 g/mol. The van der Waals surface area contributed by atoms with Crippen LogP contribution in [0, 0.1) is 23.6 Å². The molecule has 2 heterocycles. The molecule has 10 heteroatoms. The molecule has 2 aliphatic heterocycles. The predicted octanol–water partition coefficient (Wildman–Crippen LogP) is 7.66. The van der Waals surface area contributed by atoms with Crippen LogP contribution in [-0.2, 0) is 17.4 Å². The summed E-state index contributed by atoms with van der Waals surface area (Å²) in [6.07, 6.45) is 0.311. The number of benzene rings is 3. The van der Waals surface area contributed by atoms with E-state index in [4.69, 9.17) is 0 Å². The van der Waals surface area contributed by atoms with Crippen molar-refractivity contribution >= 4 is 23.2 Å². The van der Waals surface area contributed by atoms with Gasteiger partial charge in [-0.25, -0.2) is 4.39 Å². The third kappa shape index (κ3) is 5.43. The summed E-state index contributed by atoms with van der Waals surface area (Å²) in [5.74, 6) is -2.53. The number of amides is 2. The van der Waals surface area contributed by atoms with E-state index in [1.165, 1.54) is 25.1 Å². The lowest BCUT2D eigenvalue weighted by Gasteiger charge is -2.48. The van der Waals surface area contributed by atoms with Crippen LogP contribution in [0.1, 0.15) is 77.2 Å². The first-order chi connectivity index (χ1) is 20.5. The summed E-state index contributed by atoms with van der Waals surface area (Å²) in [7, 11) is 0. The molecule has 0 spiro atoms. The topological polar surface area (TPSA) is 69.5 Å². The van der Waals surface area contributed by atoms with Crippen molar-refractivity contribution in [2.75, 3.05) is 5.32 Å². The minimum Gasteiger partial charge on any atom is -0.327 e. The van der Waals surface area contributed by atoms with Gasteiger partial charge in [0.25, 0.3) is 11.6 Å². The minimum atomic E-state index is -4.58. The van der Waals surface area contributed by atoms with Gasteiger partial charge in [0.1, 0.15) is 5.82 Å². The molecule has 2 amide bonds. The van der Waals surface area contributed by atoms with Crippen molar-refractivity contribution in [3.05, 3.63) is 99.2 Å². The van der Waals surface area contributed by atoms with Crippen LogP contribution in [0.2, 0.25) is 0 Å². The summed E-state index contributed by atoms with van der Waals surface area (Å²) in [6, 6.07) is 13.8. The van der Waals surface area contributed by atoms with Crippen molar-refractivity contribution < 1.29 is 31.9 Å². The Bertz CT molecular complexity index is 1580. The predicted molar refractivity (Wildman–Crippen MR) is 152 cm³/mol. The molecule has 1 aliphatic carbocycles. The molecule has 3 aromatic rings. The molecular formula is C33H32F4N3O3+. The second-order valence-corrected chi connectivity index (χ2v) is 11.8. The number of carbonyl (C=O) groups is 2. The fourth-order valence-corrected chi connectivity index (χ4v) is 7.02. The molecule has 3 atom stereocenters. The maximum absolute atomic E-state index is 15.0. The highest BCUT2D eigenvalue weighted by Crippen LogP contribution is 2.45. The lowest BCUT2D eigenvalue weighted by Crippen LogP contribution is -2.54. The molecule has 0 bridgehead atoms. The molecule has 43 heavy (non-hydrogen) atoms. The Hall–Kier alpha value is -4.08. The SMILES string of the molecule is Cc1ccc(NC(=O)[C@H]2CCC3Cc4cccc(F)c4C(=O)N3[C@H]2c2ccc([N+](=O)C3CCCC3)cc2)cc1C(F)(F)F. The Labute approximate surface area is 246 Å². The van der Waals surface area contributed by atoms with Gasteiger partial charge in [0.15, 0.2) is 0 Å². The van der Waals surface area contributed by atoms with E-state index in [0.717, 1.165) is 36.5 Å². The fraction of sp³-hybridized carbons (Fsp3) is 0.394. The molecule has 3 aliphatic rings. The van der Waals surface area contributed by atoms with Crippen molar-refractivity contribution in [2.24, 2.45) is 5.92 Å². The molecule has 2 fully saturated rings. The van der Waals surface area contributed by atoms with Gasteiger partial charge < -0.3 is 10.2 Å². The maximum Gasteiger partial charge on any atom is 0.416 e. The van der Waals surface area contributed by atoms with Gasteiger partial charge >= 0.3 is 6.18 Å². The van der Waals surface area contributed by atoms with E-state index in [1.54, 1.807) is 41.3 Å². The zero-order chi connectivity index (χ0) is 30.5. The molecule has 224 valence electrons. The number of nitroso groups, excluding NO2 is 1. The molecule has 1 saturated carbocycles. The van der Waals surface area contributed by atoms with Crippen LogP contribution in [0.5, 0.6) is 0 Å². The number of nitrogens with zero attached hydrogens (tertiary/aromatic N) is 2. The lowest BCUT2D eigenvalue weighted by atomic mass is 9.76. The zero-order valence-corrected chi connectivity index (χ0v) is 23.7. The van der Waals surface area contributed by atoms with Crippen molar-refractivity contribution in [2.45, 2.75) is 76.2 Å². The van der Waals surface area contributed by atoms with Crippen molar-refractivity contribution in [1.29, 1.82) is 0 Å². The first kappa shape index (κ1) is 29.0. The fourth-order valence-electron chi connectivity index (χ4n) is 7.02. The van der Waals surface area contributed by atoms with Gasteiger partial charge in [0, 0.05) is 46.4 Å². The van der Waals surface area contributed by atoms with Gasteiger partial charge in [-0.2, -0.15) is 13.2 Å². The van der Waals surface area contributed by atoms with Gasteiger partial charge in [0.2, 0.25) is 11.9 Å². The molecule has 6 nitrogen and oxygen atoms in total. The first-order valence-corrected chi connectivity index (χ1v) is 14.7. The summed E-state index contributed by atoms with van der Waals surface area (Å²) in [5.41, 5.74) is 0.852. The van der Waals surface area contributed by atoms with Crippen LogP contribution in [0.25, 0.3) is 0 Å². The van der Waals surface area contributed by atoms with Crippen LogP contribution >= 0.6 is 0 Å². The highest BCUT2D eigenvalue weighted by molar-refractivity contribution is 5.99. The smallest absolute Gasteiger partial charge is 0.327 e. The Kier molecular flexibility index (Phi) is 7.56. The second kappa shape index (κ2) is 11.2. The van der Waals surface area contributed by atoms with E-state index >= 15 is 0 Å². The van der Waals surface area contributed by atoms with Crippen LogP contribution in [-0.4, -0.2) is 33.6 Å². The zero-order valence-electron chi connectivity index (χ0n) is 23.7. The molecule has 1 unspecified atom stereocenters. The highest BCUT2D eigenvalue weighted by atomic mass is 19.4. The van der Waals surface area contributed by atoms with E-state index < -0.39 is 41.3 Å². The number of hydrogen-bond acceptors (Lipinski definition) is 3. The van der Waals surface area contributed by atoms with Crippen LogP contribution in [0.4, 0.5) is 28.9 Å². The minimum absolute atomic E-state index is 0.000863. The average Bonchev–Trinajstić information content (AvgIpc) is 3.52. The van der Waals surface area contributed by atoms with E-state index in [2.05, 4.69) is 5.32 Å². The molecule has 0 radical (unpaired) electrons. The normalized spacial score (nSPS) is 22.2. The quantitative estimate of drug-likeness (QED) is 0.244. The lowest BCUT2D eigenvalue weighted by molar-refractivity contribution is -0.504. The van der Waals surface area contributed by atoms with E-state index in [9.17, 15) is 32.1 Å². The maximum atomic E-state index is 15.0. The van der Waals surface area contributed by atoms with Gasteiger partial charge in [-0.3, -0.25) is 9.59 Å². The Morgan fingerprint density at radius 2 is 1.70 bits per heavy atom. The molecule has 1 N–H and O–H groups in total. The van der Waals surface area contributed by atoms with E-state index in [-0.39, 0.29) is 28.9 Å². The molecule has 3 aromatic carbocycles. The summed E-state index contributed by atoms with van der Waals surface area (Å²) >= 11 is 0. The third-order valence-corrected chi connectivity index (χ3v) is 9.18. The molecule has 6 rings (SSSR count). The molecular weight excluding hydrogens is 562 g/mol. The Balaban J connectivity index is 1.36. The van der Waals surface area contributed by atoms with Crippen molar-refractivity contribution in [3.8, 4) is 0 Å². The largest absolute Gasteiger partial charge is 0.416 e. The highest BCUT2D eigenvalue weighted by Gasteiger charge is 2.47. The molecule has 1 saturated heterocycles. The summed E-state index contributed by atoms with van der Waals surface area (Å²) in [5, 5.41) is 2.65. The standard InChI is InChI=1S/C33H31F4N3O3/c1-19-9-12-22(18-27(19)33(35,36)37)38-31(41)26-16-15-25-17-21-5-4-8-28(34)29(21)32(42)39(25)30(26)20-10-13-24(14-11-20)40(43)23-6-2-3-7-23/h4-5,8-14,18,23,25-26,30H,2-3,6-7,15-17H2,1H3/p+1/t25?,26-,30-/m0/s1. The number of fused-ring (bicyclic) bond motifs is 2. The first-order valence-electron chi connectivity index (χ1n) is 14.7. The Morgan fingerprint density at radius 3 is 2.40 bits per heavy atom. The van der Waals surface area contributed by atoms with Crippen LogP contribution < -0.4 is 5.32 Å². The number of halogens is 4. The summed E-state index contributed by atoms with van der Waals surface area (Å²) < 4.78 is 56.6. The number of alkyl halides is 3. The summed E-state index contributed by atoms with van der Waals surface area (Å²) in [6.45, 7) is 1.35. The van der Waals surface area contributed by atoms with Crippen molar-refractivity contribution in [1.82, 2.24) is 4.90 Å². The molecule has 0 aromatic heterocycles. The number of anilines is 1.